The summed E-state index contributed by atoms with van der Waals surface area (Å²) in [6.07, 6.45) is 3.69. The van der Waals surface area contributed by atoms with Crippen molar-refractivity contribution in [3.05, 3.63) is 105 Å². The largest absolute Gasteiger partial charge is 0.488 e. The first-order valence-electron chi connectivity index (χ1n) is 13.1. The summed E-state index contributed by atoms with van der Waals surface area (Å²) in [4.78, 5) is 43.0. The first-order chi connectivity index (χ1) is 19.1. The zero-order chi connectivity index (χ0) is 28.4. The maximum atomic E-state index is 13.5. The lowest BCUT2D eigenvalue weighted by atomic mass is 10.0. The van der Waals surface area contributed by atoms with Crippen molar-refractivity contribution in [2.75, 3.05) is 6.61 Å². The standard InChI is InChI=1S/C31H31N5O4/c1-19(2)36-18-21(13-14-25(36)37)27-26(20-9-6-5-7-10-20)35-30-28(34-27)29(38)23(17-32-30)40-16-15-22-11-8-12-24(33-22)31(3,4)39/h5-14,17-19,39H,15-16H2,1-4H3,(H,32,35,38). The Morgan fingerprint density at radius 1 is 0.925 bits per heavy atom. The van der Waals surface area contributed by atoms with Crippen LogP contribution in [0.3, 0.4) is 0 Å². The third kappa shape index (κ3) is 5.55. The SMILES string of the molecule is CC(C)n1cc(-c2nc3c(=O)c(OCCc4cccc(C(C)(C)O)n4)c[nH]c3nc2-c2ccccc2)ccc1=O. The van der Waals surface area contributed by atoms with Crippen LogP contribution >= 0.6 is 0 Å². The quantitative estimate of drug-likeness (QED) is 0.296. The van der Waals surface area contributed by atoms with E-state index in [1.165, 1.54) is 12.3 Å². The minimum atomic E-state index is -1.05. The molecule has 0 aliphatic heterocycles. The average molecular weight is 538 g/mol. The maximum Gasteiger partial charge on any atom is 0.251 e. The van der Waals surface area contributed by atoms with Crippen LogP contribution in [0.2, 0.25) is 0 Å². The van der Waals surface area contributed by atoms with E-state index in [0.29, 0.717) is 34.7 Å². The molecule has 9 nitrogen and oxygen atoms in total. The van der Waals surface area contributed by atoms with Crippen molar-refractivity contribution in [1.82, 2.24) is 24.5 Å². The number of H-pyrrole nitrogens is 1. The van der Waals surface area contributed by atoms with Crippen molar-refractivity contribution < 1.29 is 9.84 Å². The van der Waals surface area contributed by atoms with Gasteiger partial charge >= 0.3 is 0 Å². The normalized spacial score (nSPS) is 11.8. The lowest BCUT2D eigenvalue weighted by molar-refractivity contribution is 0.0736. The zero-order valence-electron chi connectivity index (χ0n) is 22.9. The third-order valence-corrected chi connectivity index (χ3v) is 6.54. The number of rotatable bonds is 8. The number of nitrogens with one attached hydrogen (secondary N) is 1. The van der Waals surface area contributed by atoms with Crippen molar-refractivity contribution in [1.29, 1.82) is 0 Å². The van der Waals surface area contributed by atoms with Gasteiger partial charge in [0.15, 0.2) is 16.9 Å². The average Bonchev–Trinajstić information content (AvgIpc) is 2.94. The number of pyridine rings is 3. The molecule has 5 rings (SSSR count). The topological polar surface area (TPSA) is 123 Å². The Labute approximate surface area is 231 Å². The highest BCUT2D eigenvalue weighted by Crippen LogP contribution is 2.30. The molecule has 1 aromatic carbocycles. The van der Waals surface area contributed by atoms with Crippen LogP contribution in [0.25, 0.3) is 33.7 Å². The molecule has 9 heteroatoms. The minimum Gasteiger partial charge on any atom is -0.488 e. The Bertz CT molecular complexity index is 1790. The maximum absolute atomic E-state index is 13.5. The van der Waals surface area contributed by atoms with Crippen LogP contribution in [0.15, 0.2) is 82.6 Å². The van der Waals surface area contributed by atoms with Gasteiger partial charge in [0.05, 0.1) is 23.7 Å². The van der Waals surface area contributed by atoms with Crippen molar-refractivity contribution in [2.24, 2.45) is 0 Å². The van der Waals surface area contributed by atoms with E-state index in [1.807, 2.05) is 56.3 Å². The van der Waals surface area contributed by atoms with Gasteiger partial charge in [0.25, 0.3) is 11.0 Å². The van der Waals surface area contributed by atoms with Gasteiger partial charge in [-0.15, -0.1) is 0 Å². The van der Waals surface area contributed by atoms with E-state index in [9.17, 15) is 14.7 Å². The lowest BCUT2D eigenvalue weighted by Crippen LogP contribution is -2.20. The first kappa shape index (κ1) is 27.0. The molecule has 40 heavy (non-hydrogen) atoms. The second kappa shape index (κ2) is 10.9. The van der Waals surface area contributed by atoms with Crippen LogP contribution in [0.1, 0.15) is 45.1 Å². The highest BCUT2D eigenvalue weighted by atomic mass is 16.5. The molecule has 0 bridgehead atoms. The van der Waals surface area contributed by atoms with Crippen molar-refractivity contribution in [3.8, 4) is 28.3 Å². The Kier molecular flexibility index (Phi) is 7.32. The Hall–Kier alpha value is -4.63. The molecule has 0 aliphatic rings. The van der Waals surface area contributed by atoms with Gasteiger partial charge in [0.2, 0.25) is 0 Å². The van der Waals surface area contributed by atoms with E-state index < -0.39 is 11.0 Å². The molecule has 204 valence electrons. The monoisotopic (exact) mass is 537 g/mol. The summed E-state index contributed by atoms with van der Waals surface area (Å²) in [5.74, 6) is 0.117. The fourth-order valence-electron chi connectivity index (χ4n) is 4.39. The minimum absolute atomic E-state index is 0.0527. The molecule has 0 atom stereocenters. The molecule has 0 saturated heterocycles. The summed E-state index contributed by atoms with van der Waals surface area (Å²) < 4.78 is 7.47. The molecule has 0 unspecified atom stereocenters. The van der Waals surface area contributed by atoms with Crippen LogP contribution in [0.4, 0.5) is 0 Å². The molecule has 0 saturated carbocycles. The third-order valence-electron chi connectivity index (χ3n) is 6.54. The van der Waals surface area contributed by atoms with Gasteiger partial charge in [-0.05, 0) is 45.9 Å². The number of hydrogen-bond donors (Lipinski definition) is 2. The smallest absolute Gasteiger partial charge is 0.251 e. The molecule has 2 N–H and O–H groups in total. The molecule has 0 fully saturated rings. The van der Waals surface area contributed by atoms with Crippen molar-refractivity contribution >= 4 is 11.2 Å². The molecule has 5 aromatic rings. The lowest BCUT2D eigenvalue weighted by Gasteiger charge is -2.17. The summed E-state index contributed by atoms with van der Waals surface area (Å²) in [6, 6.07) is 18.2. The Morgan fingerprint density at radius 3 is 2.40 bits per heavy atom. The summed E-state index contributed by atoms with van der Waals surface area (Å²) in [7, 11) is 0. The van der Waals surface area contributed by atoms with Gasteiger partial charge in [-0.25, -0.2) is 9.97 Å². The van der Waals surface area contributed by atoms with Gasteiger partial charge in [0.1, 0.15) is 5.60 Å². The highest BCUT2D eigenvalue weighted by Gasteiger charge is 2.19. The van der Waals surface area contributed by atoms with E-state index in [0.717, 1.165) is 11.3 Å². The van der Waals surface area contributed by atoms with Crippen LogP contribution in [0.5, 0.6) is 5.75 Å². The molecular weight excluding hydrogens is 506 g/mol. The van der Waals surface area contributed by atoms with Gasteiger partial charge in [-0.3, -0.25) is 14.6 Å². The Balaban J connectivity index is 1.53. The first-order valence-corrected chi connectivity index (χ1v) is 13.1. The van der Waals surface area contributed by atoms with Crippen molar-refractivity contribution in [2.45, 2.75) is 45.8 Å². The summed E-state index contributed by atoms with van der Waals surface area (Å²) in [6.45, 7) is 7.43. The number of aromatic amines is 1. The molecule has 0 aliphatic carbocycles. The predicted octanol–water partition coefficient (Wildman–Crippen LogP) is 4.64. The van der Waals surface area contributed by atoms with Gasteiger partial charge < -0.3 is 19.4 Å². The van der Waals surface area contributed by atoms with E-state index >= 15 is 0 Å². The molecule has 4 aromatic heterocycles. The predicted molar refractivity (Wildman–Crippen MR) is 154 cm³/mol. The van der Waals surface area contributed by atoms with E-state index in [4.69, 9.17) is 14.7 Å². The number of hydrogen-bond acceptors (Lipinski definition) is 7. The fraction of sp³-hybridized carbons (Fsp3) is 0.258. The number of aliphatic hydroxyl groups is 1. The van der Waals surface area contributed by atoms with Crippen LogP contribution in [-0.4, -0.2) is 36.2 Å². The molecule has 0 amide bonds. The number of aromatic nitrogens is 5. The van der Waals surface area contributed by atoms with E-state index in [-0.39, 0.29) is 29.5 Å². The Morgan fingerprint density at radius 2 is 1.68 bits per heavy atom. The van der Waals surface area contributed by atoms with E-state index in [1.54, 1.807) is 36.7 Å². The summed E-state index contributed by atoms with van der Waals surface area (Å²) in [5, 5.41) is 10.2. The second-order valence-electron chi connectivity index (χ2n) is 10.4. The van der Waals surface area contributed by atoms with Gasteiger partial charge in [-0.2, -0.15) is 0 Å². The van der Waals surface area contributed by atoms with Crippen LogP contribution in [0, 0.1) is 0 Å². The molecule has 4 heterocycles. The summed E-state index contributed by atoms with van der Waals surface area (Å²) in [5.41, 5.74) is 2.79. The molecule has 0 radical (unpaired) electrons. The van der Waals surface area contributed by atoms with Gasteiger partial charge in [0, 0.05) is 47.7 Å². The van der Waals surface area contributed by atoms with Crippen LogP contribution < -0.4 is 15.7 Å². The number of benzene rings is 1. The second-order valence-corrected chi connectivity index (χ2v) is 10.4. The highest BCUT2D eigenvalue weighted by molar-refractivity contribution is 5.84. The van der Waals surface area contributed by atoms with E-state index in [2.05, 4.69) is 9.97 Å². The van der Waals surface area contributed by atoms with Gasteiger partial charge in [-0.1, -0.05) is 36.4 Å². The van der Waals surface area contributed by atoms with Crippen molar-refractivity contribution in [3.63, 3.8) is 0 Å². The molecular formula is C31H31N5O4. The summed E-state index contributed by atoms with van der Waals surface area (Å²) >= 11 is 0. The number of ether oxygens (including phenoxy) is 1. The zero-order valence-corrected chi connectivity index (χ0v) is 22.9. The number of fused-ring (bicyclic) bond motifs is 1. The number of nitrogens with zero attached hydrogens (tertiary/aromatic N) is 4. The fourth-order valence-corrected chi connectivity index (χ4v) is 4.39. The van der Waals surface area contributed by atoms with Crippen LogP contribution in [-0.2, 0) is 12.0 Å². The molecule has 0 spiro atoms.